The monoisotopic (exact) mass is 544 g/mol. The molecule has 4 rings (SSSR count). The number of hydrogen-bond acceptors (Lipinski definition) is 7. The topological polar surface area (TPSA) is 132 Å². The Morgan fingerprint density at radius 1 is 0.949 bits per heavy atom. The maximum atomic E-state index is 12.8. The summed E-state index contributed by atoms with van der Waals surface area (Å²) in [5.74, 6) is -0.0893. The first-order valence-corrected chi connectivity index (χ1v) is 13.2. The number of nitrogens with one attached hydrogen (secondary N) is 2. The average molecular weight is 545 g/mol. The van der Waals surface area contributed by atoms with Crippen molar-refractivity contribution in [3.8, 4) is 5.69 Å². The molecule has 0 aliphatic heterocycles. The van der Waals surface area contributed by atoms with Gasteiger partial charge < -0.3 is 10.6 Å². The molecular formula is C28H28N6O4S. The molecule has 200 valence electrons. The summed E-state index contributed by atoms with van der Waals surface area (Å²) in [6, 6.07) is 17.9. The molecular weight excluding hydrogens is 516 g/mol. The molecule has 0 unspecified atom stereocenters. The first kappa shape index (κ1) is 27.5. The standard InChI is InChI=1S/C28H28N6O4S/c1-17-6-5-7-22(12-17)30-26(35)16-39-28-32-31-25(33(28)23-13-18(2)8-9-19(23)3)15-29-27(36)21-11-10-20(4)24(14-21)34(37)38/h5-14H,15-16H2,1-4H3,(H,29,36)(H,30,35). The van der Waals surface area contributed by atoms with Gasteiger partial charge in [0.2, 0.25) is 5.91 Å². The van der Waals surface area contributed by atoms with Gasteiger partial charge in [-0.2, -0.15) is 0 Å². The average Bonchev–Trinajstić information content (AvgIpc) is 3.30. The number of carbonyl (C=O) groups is 2. The fourth-order valence-electron chi connectivity index (χ4n) is 3.97. The van der Waals surface area contributed by atoms with Crippen molar-refractivity contribution in [2.24, 2.45) is 0 Å². The van der Waals surface area contributed by atoms with E-state index in [2.05, 4.69) is 20.8 Å². The highest BCUT2D eigenvalue weighted by Gasteiger charge is 2.20. The summed E-state index contributed by atoms with van der Waals surface area (Å²) < 4.78 is 1.82. The normalized spacial score (nSPS) is 10.8. The lowest BCUT2D eigenvalue weighted by Gasteiger charge is -2.14. The Balaban J connectivity index is 1.56. The highest BCUT2D eigenvalue weighted by molar-refractivity contribution is 7.99. The van der Waals surface area contributed by atoms with E-state index in [9.17, 15) is 19.7 Å². The number of aromatic nitrogens is 3. The number of nitro benzene ring substituents is 1. The predicted molar refractivity (Wildman–Crippen MR) is 150 cm³/mol. The number of hydrogen-bond donors (Lipinski definition) is 2. The summed E-state index contributed by atoms with van der Waals surface area (Å²) in [7, 11) is 0. The molecule has 0 fully saturated rings. The van der Waals surface area contributed by atoms with Crippen LogP contribution in [0.5, 0.6) is 0 Å². The molecule has 2 amide bonds. The number of benzene rings is 3. The summed E-state index contributed by atoms with van der Waals surface area (Å²) in [5.41, 5.74) is 5.11. The minimum Gasteiger partial charge on any atom is -0.345 e. The molecule has 0 bridgehead atoms. The molecule has 4 aromatic rings. The summed E-state index contributed by atoms with van der Waals surface area (Å²) in [6.45, 7) is 7.53. The van der Waals surface area contributed by atoms with E-state index in [4.69, 9.17) is 0 Å². The van der Waals surface area contributed by atoms with Crippen molar-refractivity contribution in [3.05, 3.63) is 104 Å². The van der Waals surface area contributed by atoms with E-state index in [0.29, 0.717) is 16.5 Å². The van der Waals surface area contributed by atoms with Gasteiger partial charge in [0.1, 0.15) is 0 Å². The van der Waals surface area contributed by atoms with Crippen LogP contribution in [0.4, 0.5) is 11.4 Å². The molecule has 2 N–H and O–H groups in total. The Morgan fingerprint density at radius 2 is 1.69 bits per heavy atom. The quantitative estimate of drug-likeness (QED) is 0.171. The van der Waals surface area contributed by atoms with Crippen LogP contribution in [0.3, 0.4) is 0 Å². The first-order chi connectivity index (χ1) is 18.6. The zero-order chi connectivity index (χ0) is 28.1. The van der Waals surface area contributed by atoms with Crippen molar-refractivity contribution in [2.75, 3.05) is 11.1 Å². The van der Waals surface area contributed by atoms with E-state index in [-0.39, 0.29) is 29.5 Å². The van der Waals surface area contributed by atoms with Crippen molar-refractivity contribution < 1.29 is 14.5 Å². The van der Waals surface area contributed by atoms with Crippen LogP contribution >= 0.6 is 11.8 Å². The van der Waals surface area contributed by atoms with E-state index in [1.165, 1.54) is 17.8 Å². The van der Waals surface area contributed by atoms with Crippen LogP contribution in [0.2, 0.25) is 0 Å². The van der Waals surface area contributed by atoms with Crippen LogP contribution < -0.4 is 10.6 Å². The molecule has 0 saturated heterocycles. The Bertz CT molecular complexity index is 1570. The fourth-order valence-corrected chi connectivity index (χ4v) is 4.73. The van der Waals surface area contributed by atoms with Gasteiger partial charge in [-0.1, -0.05) is 42.1 Å². The number of rotatable bonds is 9. The maximum Gasteiger partial charge on any atom is 0.273 e. The molecule has 0 atom stereocenters. The third-order valence-corrected chi connectivity index (χ3v) is 6.94. The third kappa shape index (κ3) is 6.68. The summed E-state index contributed by atoms with van der Waals surface area (Å²) in [5, 5.41) is 26.1. The number of anilines is 1. The SMILES string of the molecule is Cc1cccc(NC(=O)CSc2nnc(CNC(=O)c3ccc(C)c([N+](=O)[O-])c3)n2-c2cc(C)ccc2C)c1. The second kappa shape index (κ2) is 11.9. The van der Waals surface area contributed by atoms with E-state index < -0.39 is 10.8 Å². The molecule has 1 aromatic heterocycles. The largest absolute Gasteiger partial charge is 0.345 e. The van der Waals surface area contributed by atoms with Gasteiger partial charge in [0.15, 0.2) is 11.0 Å². The lowest BCUT2D eigenvalue weighted by Crippen LogP contribution is -2.25. The van der Waals surface area contributed by atoms with Gasteiger partial charge in [-0.3, -0.25) is 24.3 Å². The van der Waals surface area contributed by atoms with Crippen LogP contribution in [0.1, 0.15) is 38.4 Å². The second-order valence-electron chi connectivity index (χ2n) is 9.17. The van der Waals surface area contributed by atoms with Gasteiger partial charge in [0.25, 0.3) is 11.6 Å². The molecule has 0 aliphatic rings. The molecule has 10 nitrogen and oxygen atoms in total. The number of thioether (sulfide) groups is 1. The van der Waals surface area contributed by atoms with Crippen molar-refractivity contribution in [3.63, 3.8) is 0 Å². The number of amides is 2. The molecule has 39 heavy (non-hydrogen) atoms. The predicted octanol–water partition coefficient (Wildman–Crippen LogP) is 5.07. The van der Waals surface area contributed by atoms with Crippen LogP contribution in [0.25, 0.3) is 5.69 Å². The van der Waals surface area contributed by atoms with E-state index in [1.54, 1.807) is 19.1 Å². The highest BCUT2D eigenvalue weighted by atomic mass is 32.2. The zero-order valence-electron chi connectivity index (χ0n) is 22.0. The Kier molecular flexibility index (Phi) is 8.40. The molecule has 0 spiro atoms. The molecule has 0 aliphatic carbocycles. The van der Waals surface area contributed by atoms with Gasteiger partial charge in [0, 0.05) is 22.9 Å². The van der Waals surface area contributed by atoms with Crippen LogP contribution in [0, 0.1) is 37.8 Å². The Morgan fingerprint density at radius 3 is 2.44 bits per heavy atom. The minimum atomic E-state index is -0.512. The van der Waals surface area contributed by atoms with E-state index in [1.807, 2.05) is 67.8 Å². The summed E-state index contributed by atoms with van der Waals surface area (Å²) in [4.78, 5) is 36.3. The van der Waals surface area contributed by atoms with Gasteiger partial charge >= 0.3 is 0 Å². The van der Waals surface area contributed by atoms with Crippen LogP contribution in [-0.2, 0) is 11.3 Å². The molecule has 3 aromatic carbocycles. The van der Waals surface area contributed by atoms with Gasteiger partial charge in [-0.05, 0) is 68.7 Å². The number of nitro groups is 1. The van der Waals surface area contributed by atoms with Crippen LogP contribution in [0.15, 0.2) is 65.8 Å². The highest BCUT2D eigenvalue weighted by Crippen LogP contribution is 2.26. The van der Waals surface area contributed by atoms with Crippen molar-refractivity contribution in [2.45, 2.75) is 39.4 Å². The lowest BCUT2D eigenvalue weighted by molar-refractivity contribution is -0.385. The van der Waals surface area contributed by atoms with E-state index in [0.717, 1.165) is 28.1 Å². The molecule has 0 radical (unpaired) electrons. The Labute approximate surface area is 230 Å². The van der Waals surface area contributed by atoms with Gasteiger partial charge in [-0.15, -0.1) is 10.2 Å². The molecule has 11 heteroatoms. The first-order valence-electron chi connectivity index (χ1n) is 12.2. The second-order valence-corrected chi connectivity index (χ2v) is 10.1. The smallest absolute Gasteiger partial charge is 0.273 e. The number of carbonyl (C=O) groups excluding carboxylic acids is 2. The zero-order valence-corrected chi connectivity index (χ0v) is 22.8. The fraction of sp³-hybridized carbons (Fsp3) is 0.214. The molecule has 1 heterocycles. The van der Waals surface area contributed by atoms with Gasteiger partial charge in [-0.25, -0.2) is 0 Å². The molecule has 0 saturated carbocycles. The van der Waals surface area contributed by atoms with Crippen molar-refractivity contribution in [1.82, 2.24) is 20.1 Å². The van der Waals surface area contributed by atoms with E-state index >= 15 is 0 Å². The number of nitrogens with zero attached hydrogens (tertiary/aromatic N) is 4. The maximum absolute atomic E-state index is 12.8. The lowest BCUT2D eigenvalue weighted by atomic mass is 10.1. The van der Waals surface area contributed by atoms with Crippen LogP contribution in [-0.4, -0.2) is 37.3 Å². The van der Waals surface area contributed by atoms with Gasteiger partial charge in [0.05, 0.1) is 22.9 Å². The summed E-state index contributed by atoms with van der Waals surface area (Å²) in [6.07, 6.45) is 0. The Hall–Kier alpha value is -4.51. The van der Waals surface area contributed by atoms with Crippen molar-refractivity contribution >= 4 is 35.0 Å². The minimum absolute atomic E-state index is 0.0247. The third-order valence-electron chi connectivity index (χ3n) is 6.02. The van der Waals surface area contributed by atoms with Crippen molar-refractivity contribution in [1.29, 1.82) is 0 Å². The number of aryl methyl sites for hydroxylation is 4. The summed E-state index contributed by atoms with van der Waals surface area (Å²) >= 11 is 1.24.